The largest absolute Gasteiger partial charge is 0.490 e. The second kappa shape index (κ2) is 8.42. The van der Waals surface area contributed by atoms with Gasteiger partial charge in [-0.1, -0.05) is 0 Å². The summed E-state index contributed by atoms with van der Waals surface area (Å²) >= 11 is 3.36. The van der Waals surface area contributed by atoms with E-state index in [9.17, 15) is 14.9 Å². The van der Waals surface area contributed by atoms with Crippen molar-refractivity contribution in [3.63, 3.8) is 0 Å². The summed E-state index contributed by atoms with van der Waals surface area (Å²) in [6.07, 6.45) is 0. The van der Waals surface area contributed by atoms with Crippen molar-refractivity contribution in [3.05, 3.63) is 62.6 Å². The highest BCUT2D eigenvalue weighted by Crippen LogP contribution is 2.26. The van der Waals surface area contributed by atoms with Gasteiger partial charge in [0.05, 0.1) is 16.0 Å². The summed E-state index contributed by atoms with van der Waals surface area (Å²) in [6, 6.07) is 10.6. The lowest BCUT2D eigenvalue weighted by molar-refractivity contribution is -0.384. The Bertz CT molecular complexity index is 734. The molecule has 0 saturated carbocycles. The molecular formula is C16H15BrN2O5. The minimum Gasteiger partial charge on any atom is -0.490 e. The minimum absolute atomic E-state index is 0.0340. The number of nitro groups is 1. The van der Waals surface area contributed by atoms with Gasteiger partial charge in [0.1, 0.15) is 12.4 Å². The van der Waals surface area contributed by atoms with Gasteiger partial charge in [-0.3, -0.25) is 14.9 Å². The lowest BCUT2D eigenvalue weighted by Gasteiger charge is -2.10. The molecule has 0 aromatic heterocycles. The van der Waals surface area contributed by atoms with Crippen molar-refractivity contribution in [3.8, 4) is 5.75 Å². The van der Waals surface area contributed by atoms with Crippen LogP contribution in [0, 0.1) is 10.1 Å². The third-order valence-electron chi connectivity index (χ3n) is 3.08. The predicted molar refractivity (Wildman–Crippen MR) is 92.6 cm³/mol. The Morgan fingerprint density at radius 3 is 2.50 bits per heavy atom. The number of hydrogen-bond donors (Lipinski definition) is 1. The summed E-state index contributed by atoms with van der Waals surface area (Å²) in [5, 5.41) is 13.3. The van der Waals surface area contributed by atoms with Gasteiger partial charge in [-0.25, -0.2) is 0 Å². The molecule has 0 radical (unpaired) electrons. The SMILES string of the molecule is COCCOc1ccc(C(=O)Nc2ccc([N+](=O)[O-])cc2)cc1Br. The number of methoxy groups -OCH3 is 1. The standard InChI is InChI=1S/C16H15BrN2O5/c1-23-8-9-24-15-7-2-11(10-14(15)17)16(20)18-12-3-5-13(6-4-12)19(21)22/h2-7,10H,8-9H2,1H3,(H,18,20). The highest BCUT2D eigenvalue weighted by molar-refractivity contribution is 9.10. The van der Waals surface area contributed by atoms with Crippen molar-refractivity contribution in [2.45, 2.75) is 0 Å². The van der Waals surface area contributed by atoms with Crippen LogP contribution in [0.5, 0.6) is 5.75 Å². The molecule has 1 N–H and O–H groups in total. The summed E-state index contributed by atoms with van der Waals surface area (Å²) in [7, 11) is 1.59. The van der Waals surface area contributed by atoms with Crippen LogP contribution in [0.1, 0.15) is 10.4 Å². The summed E-state index contributed by atoms with van der Waals surface area (Å²) in [5.41, 5.74) is 0.870. The first-order chi connectivity index (χ1) is 11.5. The van der Waals surface area contributed by atoms with E-state index >= 15 is 0 Å². The quantitative estimate of drug-likeness (QED) is 0.439. The molecular weight excluding hydrogens is 380 g/mol. The molecule has 0 heterocycles. The number of nitrogens with zero attached hydrogens (tertiary/aromatic N) is 1. The minimum atomic E-state index is -0.495. The van der Waals surface area contributed by atoms with E-state index in [1.165, 1.54) is 24.3 Å². The lowest BCUT2D eigenvalue weighted by atomic mass is 10.2. The van der Waals surface area contributed by atoms with Crippen molar-refractivity contribution >= 4 is 33.2 Å². The van der Waals surface area contributed by atoms with Crippen molar-refractivity contribution < 1.29 is 19.2 Å². The van der Waals surface area contributed by atoms with E-state index in [-0.39, 0.29) is 11.6 Å². The maximum absolute atomic E-state index is 12.2. The van der Waals surface area contributed by atoms with E-state index in [1.54, 1.807) is 25.3 Å². The molecule has 2 rings (SSSR count). The lowest BCUT2D eigenvalue weighted by Crippen LogP contribution is -2.12. The number of non-ortho nitro benzene ring substituents is 1. The van der Waals surface area contributed by atoms with E-state index < -0.39 is 4.92 Å². The Balaban J connectivity index is 2.04. The van der Waals surface area contributed by atoms with Crippen molar-refractivity contribution in [1.82, 2.24) is 0 Å². The Labute approximate surface area is 146 Å². The van der Waals surface area contributed by atoms with Crippen molar-refractivity contribution in [2.75, 3.05) is 25.6 Å². The number of benzene rings is 2. The summed E-state index contributed by atoms with van der Waals surface area (Å²) in [5.74, 6) is 0.284. The zero-order chi connectivity index (χ0) is 17.5. The molecule has 0 saturated heterocycles. The van der Waals surface area contributed by atoms with Crippen LogP contribution in [0.2, 0.25) is 0 Å². The van der Waals surface area contributed by atoms with Gasteiger partial charge in [0.2, 0.25) is 0 Å². The van der Waals surface area contributed by atoms with Gasteiger partial charge in [0.25, 0.3) is 11.6 Å². The average molecular weight is 395 g/mol. The number of nitrogens with one attached hydrogen (secondary N) is 1. The highest BCUT2D eigenvalue weighted by Gasteiger charge is 2.11. The molecule has 0 atom stereocenters. The number of halogens is 1. The Kier molecular flexibility index (Phi) is 6.28. The Morgan fingerprint density at radius 1 is 1.21 bits per heavy atom. The van der Waals surface area contributed by atoms with E-state index in [0.717, 1.165) is 0 Å². The maximum Gasteiger partial charge on any atom is 0.269 e. The monoisotopic (exact) mass is 394 g/mol. The van der Waals surface area contributed by atoms with Crippen LogP contribution >= 0.6 is 15.9 Å². The molecule has 0 bridgehead atoms. The molecule has 0 aliphatic heterocycles. The summed E-state index contributed by atoms with van der Waals surface area (Å²) in [4.78, 5) is 22.3. The number of nitro benzene ring substituents is 1. The van der Waals surface area contributed by atoms with Gasteiger partial charge in [0.15, 0.2) is 0 Å². The molecule has 1 amide bonds. The maximum atomic E-state index is 12.2. The molecule has 0 fully saturated rings. The highest BCUT2D eigenvalue weighted by atomic mass is 79.9. The van der Waals surface area contributed by atoms with Gasteiger partial charge in [-0.15, -0.1) is 0 Å². The third kappa shape index (κ3) is 4.77. The van der Waals surface area contributed by atoms with Gasteiger partial charge in [-0.2, -0.15) is 0 Å². The Morgan fingerprint density at radius 2 is 1.92 bits per heavy atom. The molecule has 0 aliphatic rings. The number of anilines is 1. The second-order valence-corrected chi connectivity index (χ2v) is 5.60. The second-order valence-electron chi connectivity index (χ2n) is 4.74. The molecule has 8 heteroatoms. The molecule has 24 heavy (non-hydrogen) atoms. The molecule has 7 nitrogen and oxygen atoms in total. The molecule has 126 valence electrons. The zero-order valence-corrected chi connectivity index (χ0v) is 14.4. The number of carbonyl (C=O) groups excluding carboxylic acids is 1. The van der Waals surface area contributed by atoms with Crippen LogP contribution in [-0.2, 0) is 4.74 Å². The average Bonchev–Trinajstić information content (AvgIpc) is 2.57. The number of rotatable bonds is 7. The van der Waals surface area contributed by atoms with Gasteiger partial charge in [-0.05, 0) is 46.3 Å². The third-order valence-corrected chi connectivity index (χ3v) is 3.69. The van der Waals surface area contributed by atoms with Crippen LogP contribution in [0.4, 0.5) is 11.4 Å². The van der Waals surface area contributed by atoms with E-state index in [4.69, 9.17) is 9.47 Å². The molecule has 0 aliphatic carbocycles. The topological polar surface area (TPSA) is 90.7 Å². The fourth-order valence-corrected chi connectivity index (χ4v) is 2.36. The van der Waals surface area contributed by atoms with Gasteiger partial charge < -0.3 is 14.8 Å². The number of ether oxygens (including phenoxy) is 2. The van der Waals surface area contributed by atoms with E-state index in [2.05, 4.69) is 21.2 Å². The van der Waals surface area contributed by atoms with Crippen LogP contribution in [0.3, 0.4) is 0 Å². The summed E-state index contributed by atoms with van der Waals surface area (Å²) < 4.78 is 11.1. The van der Waals surface area contributed by atoms with Crippen molar-refractivity contribution in [1.29, 1.82) is 0 Å². The van der Waals surface area contributed by atoms with E-state index in [1.807, 2.05) is 0 Å². The van der Waals surface area contributed by atoms with Crippen LogP contribution in [0.15, 0.2) is 46.9 Å². The Hall–Kier alpha value is -2.45. The first-order valence-electron chi connectivity index (χ1n) is 6.98. The van der Waals surface area contributed by atoms with Gasteiger partial charge >= 0.3 is 0 Å². The zero-order valence-electron chi connectivity index (χ0n) is 12.8. The number of amides is 1. The van der Waals surface area contributed by atoms with Crippen LogP contribution in [0.25, 0.3) is 0 Å². The summed E-state index contributed by atoms with van der Waals surface area (Å²) in [6.45, 7) is 0.873. The molecule has 0 unspecified atom stereocenters. The first kappa shape index (κ1) is 17.9. The van der Waals surface area contributed by atoms with Crippen molar-refractivity contribution in [2.24, 2.45) is 0 Å². The molecule has 2 aromatic carbocycles. The smallest absolute Gasteiger partial charge is 0.269 e. The van der Waals surface area contributed by atoms with Crippen LogP contribution in [-0.4, -0.2) is 31.2 Å². The predicted octanol–water partition coefficient (Wildman–Crippen LogP) is 3.63. The molecule has 2 aromatic rings. The number of hydrogen-bond acceptors (Lipinski definition) is 5. The number of carbonyl (C=O) groups is 1. The fourth-order valence-electron chi connectivity index (χ4n) is 1.86. The van der Waals surface area contributed by atoms with E-state index in [0.29, 0.717) is 34.7 Å². The normalized spacial score (nSPS) is 10.2. The molecule has 0 spiro atoms. The van der Waals surface area contributed by atoms with Gasteiger partial charge in [0, 0.05) is 30.5 Å². The van der Waals surface area contributed by atoms with Crippen LogP contribution < -0.4 is 10.1 Å². The first-order valence-corrected chi connectivity index (χ1v) is 7.77. The fraction of sp³-hybridized carbons (Fsp3) is 0.188.